The number of nitrogens with one attached hydrogen (secondary N) is 2. The fourth-order valence-electron chi connectivity index (χ4n) is 1.81. The largest absolute Gasteiger partial charge is 0.396 e. The van der Waals surface area contributed by atoms with Gasteiger partial charge in [-0.2, -0.15) is 4.98 Å². The summed E-state index contributed by atoms with van der Waals surface area (Å²) in [7, 11) is 0. The summed E-state index contributed by atoms with van der Waals surface area (Å²) in [5.41, 5.74) is 11.4. The first-order valence-corrected chi connectivity index (χ1v) is 5.43. The Morgan fingerprint density at radius 1 is 1.47 bits per heavy atom. The van der Waals surface area contributed by atoms with E-state index < -0.39 is 6.29 Å². The zero-order valence-corrected chi connectivity index (χ0v) is 9.31. The van der Waals surface area contributed by atoms with Gasteiger partial charge in [0.05, 0.1) is 0 Å². The molecule has 1 unspecified atom stereocenters. The average molecular weight is 240 g/mol. The van der Waals surface area contributed by atoms with Crippen LogP contribution in [0.15, 0.2) is 4.79 Å². The number of unbranched alkanes of at least 4 members (excludes halogenated alkanes) is 1. The molecule has 0 aliphatic carbocycles. The van der Waals surface area contributed by atoms with E-state index >= 15 is 0 Å². The molecule has 8 heteroatoms. The van der Waals surface area contributed by atoms with Crippen molar-refractivity contribution in [3.05, 3.63) is 10.4 Å². The van der Waals surface area contributed by atoms with Crippen molar-refractivity contribution >= 4 is 17.5 Å². The van der Waals surface area contributed by atoms with E-state index in [2.05, 4.69) is 15.3 Å². The SMILES string of the molecule is Nc1nc2c(c(=O)[nH]1)NC(N)N2CCCCO. The van der Waals surface area contributed by atoms with Crippen LogP contribution in [0.3, 0.4) is 0 Å². The van der Waals surface area contributed by atoms with Crippen molar-refractivity contribution in [3.8, 4) is 0 Å². The number of nitrogens with zero attached hydrogens (tertiary/aromatic N) is 2. The molecule has 8 nitrogen and oxygen atoms in total. The summed E-state index contributed by atoms with van der Waals surface area (Å²) in [5.74, 6) is 0.536. The third kappa shape index (κ3) is 2.17. The third-order valence-electron chi connectivity index (χ3n) is 2.63. The lowest BCUT2D eigenvalue weighted by Gasteiger charge is -2.22. The molecule has 0 fully saturated rings. The Labute approximate surface area is 97.6 Å². The molecule has 7 N–H and O–H groups in total. The lowest BCUT2D eigenvalue weighted by Crippen LogP contribution is -2.44. The van der Waals surface area contributed by atoms with Gasteiger partial charge in [-0.15, -0.1) is 0 Å². The Bertz CT molecular complexity index is 459. The van der Waals surface area contributed by atoms with Crippen LogP contribution in [0.25, 0.3) is 0 Å². The fourth-order valence-corrected chi connectivity index (χ4v) is 1.81. The number of aliphatic hydroxyl groups is 1. The molecule has 0 saturated heterocycles. The molecule has 0 spiro atoms. The molecule has 1 aromatic rings. The second-order valence-corrected chi connectivity index (χ2v) is 3.86. The summed E-state index contributed by atoms with van der Waals surface area (Å²) in [5, 5.41) is 11.6. The van der Waals surface area contributed by atoms with Gasteiger partial charge in [0, 0.05) is 13.2 Å². The predicted octanol–water partition coefficient (Wildman–Crippen LogP) is -1.40. The van der Waals surface area contributed by atoms with E-state index in [1.165, 1.54) is 0 Å². The molecule has 0 bridgehead atoms. The maximum absolute atomic E-state index is 11.6. The van der Waals surface area contributed by atoms with Gasteiger partial charge in [-0.3, -0.25) is 15.5 Å². The van der Waals surface area contributed by atoms with E-state index in [-0.39, 0.29) is 18.1 Å². The van der Waals surface area contributed by atoms with Crippen molar-refractivity contribution in [2.24, 2.45) is 5.73 Å². The number of hydrogen-bond acceptors (Lipinski definition) is 7. The first kappa shape index (κ1) is 11.7. The molecular weight excluding hydrogens is 224 g/mol. The third-order valence-corrected chi connectivity index (χ3v) is 2.63. The first-order valence-electron chi connectivity index (χ1n) is 5.43. The molecule has 1 aromatic heterocycles. The lowest BCUT2D eigenvalue weighted by atomic mass is 10.3. The van der Waals surface area contributed by atoms with E-state index in [9.17, 15) is 4.79 Å². The zero-order chi connectivity index (χ0) is 12.4. The van der Waals surface area contributed by atoms with Gasteiger partial charge in [-0.1, -0.05) is 0 Å². The normalized spacial score (nSPS) is 18.0. The number of H-pyrrole nitrogens is 1. The summed E-state index contributed by atoms with van der Waals surface area (Å²) in [6.07, 6.45) is 0.954. The topological polar surface area (TPSA) is 133 Å². The van der Waals surface area contributed by atoms with Crippen LogP contribution in [0.5, 0.6) is 0 Å². The van der Waals surface area contributed by atoms with Crippen molar-refractivity contribution in [1.82, 2.24) is 9.97 Å². The number of aromatic amines is 1. The van der Waals surface area contributed by atoms with Crippen molar-refractivity contribution in [1.29, 1.82) is 0 Å². The first-order chi connectivity index (χ1) is 8.13. The molecule has 1 aliphatic rings. The molecule has 0 radical (unpaired) electrons. The molecule has 94 valence electrons. The highest BCUT2D eigenvalue weighted by molar-refractivity contribution is 5.71. The number of fused-ring (bicyclic) bond motifs is 1. The minimum Gasteiger partial charge on any atom is -0.396 e. The number of hydrogen-bond donors (Lipinski definition) is 5. The lowest BCUT2D eigenvalue weighted by molar-refractivity contribution is 0.284. The van der Waals surface area contributed by atoms with Gasteiger partial charge in [0.2, 0.25) is 5.95 Å². The minimum atomic E-state index is -0.487. The molecule has 2 rings (SSSR count). The highest BCUT2D eigenvalue weighted by atomic mass is 16.2. The zero-order valence-electron chi connectivity index (χ0n) is 9.31. The van der Waals surface area contributed by atoms with Crippen LogP contribution >= 0.6 is 0 Å². The van der Waals surface area contributed by atoms with E-state index in [1.807, 2.05) is 0 Å². The Morgan fingerprint density at radius 3 is 2.94 bits per heavy atom. The van der Waals surface area contributed by atoms with Gasteiger partial charge in [-0.05, 0) is 12.8 Å². The molecule has 0 amide bonds. The second kappa shape index (κ2) is 4.60. The minimum absolute atomic E-state index is 0.0665. The number of aliphatic hydroxyl groups excluding tert-OH is 1. The molecule has 1 aliphatic heterocycles. The van der Waals surface area contributed by atoms with E-state index in [0.29, 0.717) is 24.5 Å². The maximum Gasteiger partial charge on any atom is 0.277 e. The molecule has 2 heterocycles. The van der Waals surface area contributed by atoms with Crippen molar-refractivity contribution in [2.45, 2.75) is 19.1 Å². The number of anilines is 3. The maximum atomic E-state index is 11.6. The second-order valence-electron chi connectivity index (χ2n) is 3.86. The smallest absolute Gasteiger partial charge is 0.277 e. The standard InChI is InChI=1S/C9H16N6O2/c10-8-13-6-5(7(17)14-8)12-9(11)15(6)3-1-2-4-16/h9,12,16H,1-4,11H2,(H3,10,13,14,17). The monoisotopic (exact) mass is 240 g/mol. The summed E-state index contributed by atoms with van der Waals surface area (Å²) < 4.78 is 0. The van der Waals surface area contributed by atoms with Crippen LogP contribution in [0, 0.1) is 0 Å². The molecule has 17 heavy (non-hydrogen) atoms. The molecule has 1 atom stereocenters. The molecular formula is C9H16N6O2. The summed E-state index contributed by atoms with van der Waals surface area (Å²) in [6.45, 7) is 0.742. The van der Waals surface area contributed by atoms with Crippen molar-refractivity contribution in [2.75, 3.05) is 29.1 Å². The quantitative estimate of drug-likeness (QED) is 0.408. The fraction of sp³-hybridized carbons (Fsp3) is 0.556. The van der Waals surface area contributed by atoms with E-state index in [1.54, 1.807) is 4.90 Å². The number of nitrogen functional groups attached to an aromatic ring is 1. The van der Waals surface area contributed by atoms with E-state index in [4.69, 9.17) is 16.6 Å². The Balaban J connectivity index is 2.24. The Morgan fingerprint density at radius 2 is 2.24 bits per heavy atom. The number of aromatic nitrogens is 2. The van der Waals surface area contributed by atoms with Crippen molar-refractivity contribution < 1.29 is 5.11 Å². The van der Waals surface area contributed by atoms with Crippen LogP contribution in [-0.4, -0.2) is 34.5 Å². The molecule has 0 saturated carbocycles. The number of nitrogens with two attached hydrogens (primary N) is 2. The van der Waals surface area contributed by atoms with Gasteiger partial charge < -0.3 is 21.1 Å². The summed E-state index contributed by atoms with van der Waals surface area (Å²) in [4.78, 5) is 19.8. The predicted molar refractivity (Wildman–Crippen MR) is 64.5 cm³/mol. The molecule has 0 aromatic carbocycles. The van der Waals surface area contributed by atoms with Crippen molar-refractivity contribution in [3.63, 3.8) is 0 Å². The van der Waals surface area contributed by atoms with Gasteiger partial charge in [0.25, 0.3) is 5.56 Å². The summed E-state index contributed by atoms with van der Waals surface area (Å²) >= 11 is 0. The van der Waals surface area contributed by atoms with Gasteiger partial charge >= 0.3 is 0 Å². The van der Waals surface area contributed by atoms with Crippen LogP contribution in [-0.2, 0) is 0 Å². The average Bonchev–Trinajstić information content (AvgIpc) is 2.57. The van der Waals surface area contributed by atoms with Crippen LogP contribution < -0.4 is 27.2 Å². The Hall–Kier alpha value is -1.80. The summed E-state index contributed by atoms with van der Waals surface area (Å²) in [6, 6.07) is 0. The van der Waals surface area contributed by atoms with Crippen LogP contribution in [0.4, 0.5) is 17.5 Å². The highest BCUT2D eigenvalue weighted by Crippen LogP contribution is 2.27. The van der Waals surface area contributed by atoms with Crippen LogP contribution in [0.1, 0.15) is 12.8 Å². The van der Waals surface area contributed by atoms with Crippen LogP contribution in [0.2, 0.25) is 0 Å². The highest BCUT2D eigenvalue weighted by Gasteiger charge is 2.29. The van der Waals surface area contributed by atoms with Gasteiger partial charge in [0.1, 0.15) is 5.69 Å². The van der Waals surface area contributed by atoms with Gasteiger partial charge in [-0.25, -0.2) is 0 Å². The Kier molecular flexibility index (Phi) is 3.16. The number of rotatable bonds is 4. The van der Waals surface area contributed by atoms with E-state index in [0.717, 1.165) is 6.42 Å². The van der Waals surface area contributed by atoms with Gasteiger partial charge in [0.15, 0.2) is 12.1 Å².